The Balaban J connectivity index is 1.31. The summed E-state index contributed by atoms with van der Waals surface area (Å²) >= 11 is 5.87. The first kappa shape index (κ1) is 20.3. The van der Waals surface area contributed by atoms with Crippen molar-refractivity contribution in [1.29, 1.82) is 0 Å². The first-order valence-corrected chi connectivity index (χ1v) is 10.8. The van der Waals surface area contributed by atoms with Gasteiger partial charge in [-0.1, -0.05) is 30.9 Å². The van der Waals surface area contributed by atoms with E-state index in [0.29, 0.717) is 17.5 Å². The molecule has 0 spiro atoms. The molecule has 0 bridgehead atoms. The number of ketones is 1. The minimum Gasteiger partial charge on any atom is -0.353 e. The van der Waals surface area contributed by atoms with Crippen molar-refractivity contribution in [2.45, 2.75) is 63.8 Å². The number of amides is 1. The Morgan fingerprint density at radius 1 is 1.00 bits per heavy atom. The van der Waals surface area contributed by atoms with Gasteiger partial charge in [-0.3, -0.25) is 9.59 Å². The van der Waals surface area contributed by atoms with Gasteiger partial charge in [-0.05, 0) is 62.9 Å². The van der Waals surface area contributed by atoms with Crippen LogP contribution < -0.4 is 5.32 Å². The maximum absolute atomic E-state index is 12.4. The van der Waals surface area contributed by atoms with Gasteiger partial charge in [-0.15, -0.1) is 0 Å². The summed E-state index contributed by atoms with van der Waals surface area (Å²) in [7, 11) is 0. The van der Waals surface area contributed by atoms with E-state index in [-0.39, 0.29) is 17.6 Å². The summed E-state index contributed by atoms with van der Waals surface area (Å²) in [6, 6.07) is 7.45. The van der Waals surface area contributed by atoms with E-state index in [2.05, 4.69) is 10.2 Å². The van der Waals surface area contributed by atoms with Gasteiger partial charge in [-0.2, -0.15) is 0 Å². The van der Waals surface area contributed by atoms with Crippen LogP contribution in [0.1, 0.15) is 68.1 Å². The van der Waals surface area contributed by atoms with Crippen LogP contribution in [0.3, 0.4) is 0 Å². The molecule has 2 aliphatic rings. The summed E-state index contributed by atoms with van der Waals surface area (Å²) in [4.78, 5) is 27.0. The summed E-state index contributed by atoms with van der Waals surface area (Å²) in [6.45, 7) is 2.96. The lowest BCUT2D eigenvalue weighted by atomic mass is 9.88. The third-order valence-corrected chi connectivity index (χ3v) is 6.21. The highest BCUT2D eigenvalue weighted by Crippen LogP contribution is 2.24. The van der Waals surface area contributed by atoms with E-state index in [1.165, 1.54) is 19.3 Å². The molecule has 148 valence electrons. The van der Waals surface area contributed by atoms with E-state index >= 15 is 0 Å². The standard InChI is InChI=1S/C22H31ClN2O2/c23-19-10-8-17(9-11-19)21(26)7-4-14-25-15-12-20(13-16-25)24-22(27)18-5-2-1-3-6-18/h8-11,18,20H,1-7,12-16H2,(H,24,27). The second-order valence-corrected chi connectivity index (χ2v) is 8.43. The first-order chi connectivity index (χ1) is 13.1. The number of piperidine rings is 1. The largest absolute Gasteiger partial charge is 0.353 e. The van der Waals surface area contributed by atoms with Gasteiger partial charge in [0.15, 0.2) is 5.78 Å². The number of carbonyl (C=O) groups excluding carboxylic acids is 2. The molecule has 0 atom stereocenters. The second kappa shape index (κ2) is 10.2. The predicted molar refractivity (Wildman–Crippen MR) is 109 cm³/mol. The zero-order valence-electron chi connectivity index (χ0n) is 16.1. The van der Waals surface area contributed by atoms with Gasteiger partial charge >= 0.3 is 0 Å². The number of nitrogens with zero attached hydrogens (tertiary/aromatic N) is 1. The number of halogens is 1. The van der Waals surface area contributed by atoms with Crippen molar-refractivity contribution in [1.82, 2.24) is 10.2 Å². The van der Waals surface area contributed by atoms with Crippen LogP contribution in [-0.4, -0.2) is 42.3 Å². The molecule has 4 nitrogen and oxygen atoms in total. The van der Waals surface area contributed by atoms with Crippen LogP contribution in [0, 0.1) is 5.92 Å². The lowest BCUT2D eigenvalue weighted by Gasteiger charge is -2.33. The fourth-order valence-corrected chi connectivity index (χ4v) is 4.35. The van der Waals surface area contributed by atoms with Gasteiger partial charge in [0, 0.05) is 42.1 Å². The topological polar surface area (TPSA) is 49.4 Å². The molecule has 0 radical (unpaired) electrons. The number of rotatable bonds is 7. The maximum Gasteiger partial charge on any atom is 0.223 e. The van der Waals surface area contributed by atoms with Crippen LogP contribution in [0.4, 0.5) is 0 Å². The Morgan fingerprint density at radius 2 is 1.67 bits per heavy atom. The SMILES string of the molecule is O=C(CCCN1CCC(NC(=O)C2CCCCC2)CC1)c1ccc(Cl)cc1. The Kier molecular flexibility index (Phi) is 7.71. The normalized spacial score (nSPS) is 19.7. The van der Waals surface area contributed by atoms with E-state index in [4.69, 9.17) is 11.6 Å². The van der Waals surface area contributed by atoms with Gasteiger partial charge in [0.1, 0.15) is 0 Å². The molecule has 1 amide bonds. The van der Waals surface area contributed by atoms with Crippen molar-refractivity contribution in [3.63, 3.8) is 0 Å². The number of hydrogen-bond acceptors (Lipinski definition) is 3. The summed E-state index contributed by atoms with van der Waals surface area (Å²) in [5.41, 5.74) is 0.739. The van der Waals surface area contributed by atoms with Crippen molar-refractivity contribution in [2.75, 3.05) is 19.6 Å². The lowest BCUT2D eigenvalue weighted by Crippen LogP contribution is -2.46. The number of Topliss-reactive ketones (excluding diaryl/α,β-unsaturated/α-hetero) is 1. The second-order valence-electron chi connectivity index (χ2n) is 7.99. The zero-order chi connectivity index (χ0) is 19.1. The molecule has 3 rings (SSSR count). The van der Waals surface area contributed by atoms with Gasteiger partial charge in [0.2, 0.25) is 5.91 Å². The zero-order valence-corrected chi connectivity index (χ0v) is 16.8. The summed E-state index contributed by atoms with van der Waals surface area (Å²) in [6.07, 6.45) is 9.28. The number of likely N-dealkylation sites (tertiary alicyclic amines) is 1. The Hall–Kier alpha value is -1.39. The smallest absolute Gasteiger partial charge is 0.223 e. The maximum atomic E-state index is 12.4. The van der Waals surface area contributed by atoms with Crippen LogP contribution in [0.5, 0.6) is 0 Å². The molecule has 2 fully saturated rings. The van der Waals surface area contributed by atoms with E-state index in [9.17, 15) is 9.59 Å². The summed E-state index contributed by atoms with van der Waals surface area (Å²) in [5.74, 6) is 0.707. The van der Waals surface area contributed by atoms with Gasteiger partial charge in [0.25, 0.3) is 0 Å². The van der Waals surface area contributed by atoms with Crippen molar-refractivity contribution in [3.8, 4) is 0 Å². The third-order valence-electron chi connectivity index (χ3n) is 5.95. The molecule has 1 aliphatic carbocycles. The average molecular weight is 391 g/mol. The molecule has 5 heteroatoms. The van der Waals surface area contributed by atoms with Crippen LogP contribution in [0.25, 0.3) is 0 Å². The molecular formula is C22H31ClN2O2. The Bertz CT molecular complexity index is 618. The van der Waals surface area contributed by atoms with Crippen LogP contribution in [0.15, 0.2) is 24.3 Å². The Labute approximate surface area is 167 Å². The van der Waals surface area contributed by atoms with Crippen molar-refractivity contribution < 1.29 is 9.59 Å². The highest BCUT2D eigenvalue weighted by molar-refractivity contribution is 6.30. The molecule has 1 aliphatic heterocycles. The molecule has 1 saturated carbocycles. The summed E-state index contributed by atoms with van der Waals surface area (Å²) < 4.78 is 0. The highest BCUT2D eigenvalue weighted by atomic mass is 35.5. The first-order valence-electron chi connectivity index (χ1n) is 10.4. The van der Waals surface area contributed by atoms with Gasteiger partial charge in [-0.25, -0.2) is 0 Å². The summed E-state index contributed by atoms with van der Waals surface area (Å²) in [5, 5.41) is 3.94. The third kappa shape index (κ3) is 6.32. The monoisotopic (exact) mass is 390 g/mol. The molecular weight excluding hydrogens is 360 g/mol. The minimum absolute atomic E-state index is 0.182. The van der Waals surface area contributed by atoms with E-state index in [1.807, 2.05) is 0 Å². The quantitative estimate of drug-likeness (QED) is 0.699. The minimum atomic E-state index is 0.182. The molecule has 1 N–H and O–H groups in total. The van der Waals surface area contributed by atoms with Crippen LogP contribution in [0.2, 0.25) is 5.02 Å². The molecule has 0 unspecified atom stereocenters. The van der Waals surface area contributed by atoms with Gasteiger partial charge in [0.05, 0.1) is 0 Å². The molecule has 1 aromatic rings. The molecule has 1 heterocycles. The van der Waals surface area contributed by atoms with E-state index in [1.54, 1.807) is 24.3 Å². The predicted octanol–water partition coefficient (Wildman–Crippen LogP) is 4.46. The van der Waals surface area contributed by atoms with Crippen molar-refractivity contribution in [2.24, 2.45) is 5.92 Å². The average Bonchev–Trinajstić information content (AvgIpc) is 2.70. The molecule has 1 saturated heterocycles. The van der Waals surface area contributed by atoms with Crippen molar-refractivity contribution >= 4 is 23.3 Å². The van der Waals surface area contributed by atoms with E-state index in [0.717, 1.165) is 57.3 Å². The van der Waals surface area contributed by atoms with Crippen molar-refractivity contribution in [3.05, 3.63) is 34.9 Å². The Morgan fingerprint density at radius 3 is 2.33 bits per heavy atom. The van der Waals surface area contributed by atoms with Crippen LogP contribution in [-0.2, 0) is 4.79 Å². The molecule has 0 aromatic heterocycles. The fourth-order valence-electron chi connectivity index (χ4n) is 4.23. The van der Waals surface area contributed by atoms with Crippen LogP contribution >= 0.6 is 11.6 Å². The number of hydrogen-bond donors (Lipinski definition) is 1. The number of benzene rings is 1. The highest BCUT2D eigenvalue weighted by Gasteiger charge is 2.25. The lowest BCUT2D eigenvalue weighted by molar-refractivity contribution is -0.127. The van der Waals surface area contributed by atoms with Gasteiger partial charge < -0.3 is 10.2 Å². The van der Waals surface area contributed by atoms with E-state index < -0.39 is 0 Å². The molecule has 27 heavy (non-hydrogen) atoms. The molecule has 1 aromatic carbocycles. The number of nitrogens with one attached hydrogen (secondary N) is 1. The fraction of sp³-hybridized carbons (Fsp3) is 0.636. The number of carbonyl (C=O) groups is 2.